The van der Waals surface area contributed by atoms with Crippen molar-refractivity contribution < 1.29 is 14.3 Å². The molecule has 0 saturated carbocycles. The molecule has 1 aromatic carbocycles. The van der Waals surface area contributed by atoms with E-state index < -0.39 is 11.9 Å². The molecule has 2 rings (SSSR count). The van der Waals surface area contributed by atoms with Gasteiger partial charge < -0.3 is 5.11 Å². The van der Waals surface area contributed by atoms with Gasteiger partial charge in [0.25, 0.3) is 0 Å². The SMILES string of the molecule is O=C(O)[C@@H]1Cc2ccc(F)cc21. The fourth-order valence-corrected chi connectivity index (χ4v) is 1.50. The van der Waals surface area contributed by atoms with Gasteiger partial charge in [-0.25, -0.2) is 4.39 Å². The van der Waals surface area contributed by atoms with Crippen LogP contribution in [0, 0.1) is 5.82 Å². The number of rotatable bonds is 1. The molecule has 0 heterocycles. The highest BCUT2D eigenvalue weighted by molar-refractivity contribution is 5.80. The van der Waals surface area contributed by atoms with Crippen LogP contribution < -0.4 is 0 Å². The first kappa shape index (κ1) is 7.28. The molecule has 12 heavy (non-hydrogen) atoms. The van der Waals surface area contributed by atoms with Crippen molar-refractivity contribution in [3.63, 3.8) is 0 Å². The maximum absolute atomic E-state index is 12.6. The number of aliphatic carboxylic acids is 1. The Hall–Kier alpha value is -1.38. The van der Waals surface area contributed by atoms with E-state index in [4.69, 9.17) is 5.11 Å². The monoisotopic (exact) mass is 166 g/mol. The number of hydrogen-bond acceptors (Lipinski definition) is 1. The van der Waals surface area contributed by atoms with E-state index in [9.17, 15) is 9.18 Å². The maximum Gasteiger partial charge on any atom is 0.311 e. The highest BCUT2D eigenvalue weighted by Crippen LogP contribution is 2.35. The molecule has 2 nitrogen and oxygen atoms in total. The first-order valence-corrected chi connectivity index (χ1v) is 3.69. The summed E-state index contributed by atoms with van der Waals surface area (Å²) in [7, 11) is 0. The zero-order valence-electron chi connectivity index (χ0n) is 6.25. The van der Waals surface area contributed by atoms with Crippen molar-refractivity contribution in [1.82, 2.24) is 0 Å². The first-order chi connectivity index (χ1) is 5.68. The summed E-state index contributed by atoms with van der Waals surface area (Å²) in [5.74, 6) is -1.72. The zero-order valence-corrected chi connectivity index (χ0v) is 6.25. The normalized spacial score (nSPS) is 19.6. The lowest BCUT2D eigenvalue weighted by Crippen LogP contribution is -2.24. The highest BCUT2D eigenvalue weighted by Gasteiger charge is 2.32. The number of benzene rings is 1. The van der Waals surface area contributed by atoms with E-state index in [1.165, 1.54) is 12.1 Å². The van der Waals surface area contributed by atoms with Crippen molar-refractivity contribution in [2.75, 3.05) is 0 Å². The molecular weight excluding hydrogens is 159 g/mol. The van der Waals surface area contributed by atoms with Crippen LogP contribution in [0.4, 0.5) is 4.39 Å². The fraction of sp³-hybridized carbons (Fsp3) is 0.222. The van der Waals surface area contributed by atoms with Crippen molar-refractivity contribution >= 4 is 5.97 Å². The lowest BCUT2D eigenvalue weighted by molar-refractivity contribution is -0.139. The molecular formula is C9H7FO2. The Morgan fingerprint density at radius 2 is 2.33 bits per heavy atom. The quantitative estimate of drug-likeness (QED) is 0.687. The van der Waals surface area contributed by atoms with Gasteiger partial charge in [-0.1, -0.05) is 6.07 Å². The lowest BCUT2D eigenvalue weighted by atomic mass is 9.78. The molecule has 0 bridgehead atoms. The predicted molar refractivity (Wildman–Crippen MR) is 40.5 cm³/mol. The predicted octanol–water partition coefficient (Wildman–Crippen LogP) is 1.55. The molecule has 0 amide bonds. The summed E-state index contributed by atoms with van der Waals surface area (Å²) in [4.78, 5) is 10.5. The van der Waals surface area contributed by atoms with Crippen LogP contribution >= 0.6 is 0 Å². The number of carbonyl (C=O) groups is 1. The van der Waals surface area contributed by atoms with Gasteiger partial charge in [0.2, 0.25) is 0 Å². The molecule has 1 aliphatic rings. The summed E-state index contributed by atoms with van der Waals surface area (Å²) in [6.07, 6.45) is 0.533. The van der Waals surface area contributed by atoms with Crippen LogP contribution in [0.25, 0.3) is 0 Å². The van der Waals surface area contributed by atoms with Crippen LogP contribution in [-0.4, -0.2) is 11.1 Å². The molecule has 62 valence electrons. The second-order valence-electron chi connectivity index (χ2n) is 2.94. The largest absolute Gasteiger partial charge is 0.481 e. The number of carboxylic acid groups (broad SMARTS) is 1. The van der Waals surface area contributed by atoms with E-state index in [2.05, 4.69) is 0 Å². The number of fused-ring (bicyclic) bond motifs is 1. The molecule has 0 unspecified atom stereocenters. The van der Waals surface area contributed by atoms with Gasteiger partial charge in [-0.15, -0.1) is 0 Å². The van der Waals surface area contributed by atoms with Gasteiger partial charge in [-0.2, -0.15) is 0 Å². The van der Waals surface area contributed by atoms with Gasteiger partial charge >= 0.3 is 5.97 Å². The van der Waals surface area contributed by atoms with E-state index in [-0.39, 0.29) is 5.82 Å². The third-order valence-electron chi connectivity index (χ3n) is 2.21. The van der Waals surface area contributed by atoms with Crippen LogP contribution in [-0.2, 0) is 11.2 Å². The number of hydrogen-bond donors (Lipinski definition) is 1. The van der Waals surface area contributed by atoms with Crippen LogP contribution in [0.1, 0.15) is 17.0 Å². The van der Waals surface area contributed by atoms with Crippen molar-refractivity contribution in [3.05, 3.63) is 35.1 Å². The Kier molecular flexibility index (Phi) is 1.40. The zero-order chi connectivity index (χ0) is 8.72. The van der Waals surface area contributed by atoms with Crippen molar-refractivity contribution in [2.24, 2.45) is 0 Å². The fourth-order valence-electron chi connectivity index (χ4n) is 1.50. The van der Waals surface area contributed by atoms with Gasteiger partial charge in [0.1, 0.15) is 5.82 Å². The van der Waals surface area contributed by atoms with Crippen molar-refractivity contribution in [3.8, 4) is 0 Å². The Morgan fingerprint density at radius 1 is 1.58 bits per heavy atom. The molecule has 0 aromatic heterocycles. The molecule has 1 atom stereocenters. The van der Waals surface area contributed by atoms with Gasteiger partial charge in [0.05, 0.1) is 5.92 Å². The maximum atomic E-state index is 12.6. The molecule has 1 aliphatic carbocycles. The Labute approximate surface area is 68.6 Å². The van der Waals surface area contributed by atoms with E-state index in [0.29, 0.717) is 12.0 Å². The third-order valence-corrected chi connectivity index (χ3v) is 2.21. The molecule has 3 heteroatoms. The van der Waals surface area contributed by atoms with Gasteiger partial charge in [0, 0.05) is 0 Å². The van der Waals surface area contributed by atoms with Gasteiger partial charge in [-0.05, 0) is 29.7 Å². The number of carboxylic acids is 1. The van der Waals surface area contributed by atoms with E-state index >= 15 is 0 Å². The molecule has 0 spiro atoms. The second-order valence-corrected chi connectivity index (χ2v) is 2.94. The number of halogens is 1. The minimum absolute atomic E-state index is 0.361. The Bertz CT molecular complexity index is 346. The second kappa shape index (κ2) is 2.30. The standard InChI is InChI=1S/C9H7FO2/c10-6-2-1-5-3-8(9(11)12)7(5)4-6/h1-2,4,8H,3H2,(H,11,12)/t8-/m1/s1. The smallest absolute Gasteiger partial charge is 0.311 e. The average Bonchev–Trinajstić information content (AvgIpc) is 1.95. The van der Waals surface area contributed by atoms with Crippen molar-refractivity contribution in [1.29, 1.82) is 0 Å². The minimum Gasteiger partial charge on any atom is -0.481 e. The summed E-state index contributed by atoms with van der Waals surface area (Å²) in [5.41, 5.74) is 1.58. The van der Waals surface area contributed by atoms with E-state index in [1.807, 2.05) is 0 Å². The average molecular weight is 166 g/mol. The first-order valence-electron chi connectivity index (χ1n) is 3.69. The topological polar surface area (TPSA) is 37.3 Å². The Morgan fingerprint density at radius 3 is 3.00 bits per heavy atom. The van der Waals surface area contributed by atoms with Crippen LogP contribution in [0.5, 0.6) is 0 Å². The van der Waals surface area contributed by atoms with Crippen LogP contribution in [0.2, 0.25) is 0 Å². The summed E-state index contributed by atoms with van der Waals surface area (Å²) in [6, 6.07) is 4.30. The molecule has 0 fully saturated rings. The van der Waals surface area contributed by atoms with Crippen LogP contribution in [0.3, 0.4) is 0 Å². The molecule has 0 radical (unpaired) electrons. The molecule has 1 aromatic rings. The van der Waals surface area contributed by atoms with Gasteiger partial charge in [0.15, 0.2) is 0 Å². The van der Waals surface area contributed by atoms with E-state index in [1.54, 1.807) is 6.07 Å². The third kappa shape index (κ3) is 0.897. The molecule has 0 aliphatic heterocycles. The summed E-state index contributed by atoms with van der Waals surface area (Å²) < 4.78 is 12.6. The van der Waals surface area contributed by atoms with Gasteiger partial charge in [-0.3, -0.25) is 4.79 Å². The van der Waals surface area contributed by atoms with Crippen LogP contribution in [0.15, 0.2) is 18.2 Å². The summed E-state index contributed by atoms with van der Waals surface area (Å²) >= 11 is 0. The Balaban J connectivity index is 2.39. The summed E-state index contributed by atoms with van der Waals surface area (Å²) in [5, 5.41) is 8.65. The highest BCUT2D eigenvalue weighted by atomic mass is 19.1. The minimum atomic E-state index is -0.867. The summed E-state index contributed by atoms with van der Waals surface area (Å²) in [6.45, 7) is 0. The lowest BCUT2D eigenvalue weighted by Gasteiger charge is -2.26. The molecule has 0 saturated heterocycles. The van der Waals surface area contributed by atoms with E-state index in [0.717, 1.165) is 5.56 Å². The molecule has 1 N–H and O–H groups in total. The van der Waals surface area contributed by atoms with Crippen molar-refractivity contribution in [2.45, 2.75) is 12.3 Å².